The molecular formula is C19H20BrNOS. The number of hydrogen-bond donors (Lipinski definition) is 1. The Morgan fingerprint density at radius 3 is 2.78 bits per heavy atom. The fourth-order valence-corrected chi connectivity index (χ4v) is 4.05. The van der Waals surface area contributed by atoms with Gasteiger partial charge in [-0.15, -0.1) is 11.8 Å². The van der Waals surface area contributed by atoms with E-state index in [1.165, 1.54) is 16.7 Å². The molecule has 0 aliphatic heterocycles. The van der Waals surface area contributed by atoms with Crippen LogP contribution in [-0.4, -0.2) is 11.7 Å². The number of rotatable bonds is 5. The Labute approximate surface area is 150 Å². The molecule has 0 saturated carbocycles. The highest BCUT2D eigenvalue weighted by Crippen LogP contribution is 2.29. The number of carbonyl (C=O) groups excluding carboxylic acids is 1. The fraction of sp³-hybridized carbons (Fsp3) is 0.316. The molecule has 23 heavy (non-hydrogen) atoms. The average molecular weight is 390 g/mol. The van der Waals surface area contributed by atoms with Gasteiger partial charge >= 0.3 is 0 Å². The van der Waals surface area contributed by atoms with Gasteiger partial charge in [-0.2, -0.15) is 0 Å². The van der Waals surface area contributed by atoms with Crippen molar-refractivity contribution in [2.24, 2.45) is 0 Å². The second-order valence-electron chi connectivity index (χ2n) is 5.83. The molecule has 120 valence electrons. The number of aryl methyl sites for hydroxylation is 1. The van der Waals surface area contributed by atoms with Crippen molar-refractivity contribution in [3.63, 3.8) is 0 Å². The van der Waals surface area contributed by atoms with E-state index in [4.69, 9.17) is 0 Å². The number of amides is 1. The van der Waals surface area contributed by atoms with Crippen molar-refractivity contribution in [1.29, 1.82) is 0 Å². The monoisotopic (exact) mass is 389 g/mol. The summed E-state index contributed by atoms with van der Waals surface area (Å²) >= 11 is 5.10. The van der Waals surface area contributed by atoms with Crippen LogP contribution in [0.25, 0.3) is 0 Å². The Balaban J connectivity index is 1.49. The minimum atomic E-state index is 0.133. The molecule has 4 heteroatoms. The van der Waals surface area contributed by atoms with E-state index in [-0.39, 0.29) is 11.9 Å². The molecule has 1 atom stereocenters. The van der Waals surface area contributed by atoms with Crippen LogP contribution in [0.15, 0.2) is 53.0 Å². The normalized spacial score (nSPS) is 16.7. The average Bonchev–Trinajstić information content (AvgIpc) is 2.57. The van der Waals surface area contributed by atoms with E-state index in [1.807, 2.05) is 12.1 Å². The Bertz CT molecular complexity index is 671. The first-order valence-corrected chi connectivity index (χ1v) is 9.86. The lowest BCUT2D eigenvalue weighted by Gasteiger charge is -2.26. The van der Waals surface area contributed by atoms with Crippen LogP contribution in [0.5, 0.6) is 0 Å². The Hall–Kier alpha value is -1.26. The number of benzene rings is 2. The number of thioether (sulfide) groups is 1. The molecule has 1 aliphatic carbocycles. The first-order valence-electron chi connectivity index (χ1n) is 7.92. The van der Waals surface area contributed by atoms with Crippen molar-refractivity contribution in [3.05, 3.63) is 69.7 Å². The first-order chi connectivity index (χ1) is 11.2. The number of carbonyl (C=O) groups is 1. The maximum atomic E-state index is 12.2. The molecule has 1 N–H and O–H groups in total. The number of halogens is 1. The number of fused-ring (bicyclic) bond motifs is 1. The lowest BCUT2D eigenvalue weighted by molar-refractivity contribution is -0.119. The van der Waals surface area contributed by atoms with Crippen LogP contribution in [0.3, 0.4) is 0 Å². The second-order valence-corrected chi connectivity index (χ2v) is 7.73. The molecule has 0 bridgehead atoms. The van der Waals surface area contributed by atoms with E-state index in [2.05, 4.69) is 57.6 Å². The highest BCUT2D eigenvalue weighted by Gasteiger charge is 2.21. The van der Waals surface area contributed by atoms with Crippen LogP contribution in [0.4, 0.5) is 0 Å². The Morgan fingerprint density at radius 2 is 1.96 bits per heavy atom. The van der Waals surface area contributed by atoms with Gasteiger partial charge in [0, 0.05) is 10.2 Å². The molecule has 0 unspecified atom stereocenters. The van der Waals surface area contributed by atoms with E-state index in [0.29, 0.717) is 5.75 Å². The van der Waals surface area contributed by atoms with Crippen LogP contribution >= 0.6 is 27.7 Å². The van der Waals surface area contributed by atoms with Crippen molar-refractivity contribution in [2.45, 2.75) is 31.1 Å². The summed E-state index contributed by atoms with van der Waals surface area (Å²) < 4.78 is 1.08. The summed E-state index contributed by atoms with van der Waals surface area (Å²) in [4.78, 5) is 12.2. The molecule has 0 heterocycles. The SMILES string of the molecule is O=C(CSCc1ccc(Br)cc1)N[C@@H]1CCCc2ccccc21. The molecule has 0 saturated heterocycles. The smallest absolute Gasteiger partial charge is 0.230 e. The maximum absolute atomic E-state index is 12.2. The zero-order valence-electron chi connectivity index (χ0n) is 12.9. The molecule has 3 rings (SSSR count). The number of hydrogen-bond acceptors (Lipinski definition) is 2. The van der Waals surface area contributed by atoms with Crippen molar-refractivity contribution in [1.82, 2.24) is 5.32 Å². The predicted octanol–water partition coefficient (Wildman–Crippen LogP) is 4.88. The third kappa shape index (κ3) is 4.61. The third-order valence-electron chi connectivity index (χ3n) is 4.12. The van der Waals surface area contributed by atoms with Crippen molar-refractivity contribution >= 4 is 33.6 Å². The van der Waals surface area contributed by atoms with Gasteiger partial charge in [0.15, 0.2) is 0 Å². The van der Waals surface area contributed by atoms with Crippen LogP contribution < -0.4 is 5.32 Å². The van der Waals surface area contributed by atoms with Crippen molar-refractivity contribution < 1.29 is 4.79 Å². The predicted molar refractivity (Wildman–Crippen MR) is 101 cm³/mol. The number of nitrogens with one attached hydrogen (secondary N) is 1. The minimum absolute atomic E-state index is 0.133. The molecule has 2 aromatic carbocycles. The molecule has 2 nitrogen and oxygen atoms in total. The highest BCUT2D eigenvalue weighted by atomic mass is 79.9. The van der Waals surface area contributed by atoms with Crippen LogP contribution in [0.2, 0.25) is 0 Å². The molecule has 0 spiro atoms. The zero-order chi connectivity index (χ0) is 16.1. The van der Waals surface area contributed by atoms with Gasteiger partial charge in [-0.1, -0.05) is 52.3 Å². The third-order valence-corrected chi connectivity index (χ3v) is 5.65. The summed E-state index contributed by atoms with van der Waals surface area (Å²) in [6.45, 7) is 0. The lowest BCUT2D eigenvalue weighted by atomic mass is 9.88. The van der Waals surface area contributed by atoms with Gasteiger partial charge in [0.05, 0.1) is 11.8 Å². The summed E-state index contributed by atoms with van der Waals surface area (Å²) in [5, 5.41) is 3.20. The molecule has 1 amide bonds. The molecule has 0 aromatic heterocycles. The lowest BCUT2D eigenvalue weighted by Crippen LogP contribution is -2.32. The molecule has 0 fully saturated rings. The van der Waals surface area contributed by atoms with Crippen molar-refractivity contribution in [3.8, 4) is 0 Å². The van der Waals surface area contributed by atoms with Crippen LogP contribution in [0, 0.1) is 0 Å². The summed E-state index contributed by atoms with van der Waals surface area (Å²) in [6, 6.07) is 16.9. The first kappa shape index (κ1) is 16.6. The van der Waals surface area contributed by atoms with Gasteiger partial charge in [0.2, 0.25) is 5.91 Å². The van der Waals surface area contributed by atoms with Crippen LogP contribution in [0.1, 0.15) is 35.6 Å². The summed E-state index contributed by atoms with van der Waals surface area (Å²) in [6.07, 6.45) is 3.31. The van der Waals surface area contributed by atoms with Gasteiger partial charge in [-0.05, 0) is 48.1 Å². The van der Waals surface area contributed by atoms with E-state index < -0.39 is 0 Å². The Morgan fingerprint density at radius 1 is 1.17 bits per heavy atom. The Kier molecular flexibility index (Phi) is 5.79. The molecular weight excluding hydrogens is 370 g/mol. The fourth-order valence-electron chi connectivity index (χ4n) is 2.98. The minimum Gasteiger partial charge on any atom is -0.349 e. The topological polar surface area (TPSA) is 29.1 Å². The second kappa shape index (κ2) is 8.02. The highest BCUT2D eigenvalue weighted by molar-refractivity contribution is 9.10. The summed E-state index contributed by atoms with van der Waals surface area (Å²) in [7, 11) is 0. The largest absolute Gasteiger partial charge is 0.349 e. The molecule has 2 aromatic rings. The van der Waals surface area contributed by atoms with E-state index in [9.17, 15) is 4.79 Å². The van der Waals surface area contributed by atoms with E-state index >= 15 is 0 Å². The van der Waals surface area contributed by atoms with E-state index in [0.717, 1.165) is 29.5 Å². The van der Waals surface area contributed by atoms with Gasteiger partial charge in [0.25, 0.3) is 0 Å². The quantitative estimate of drug-likeness (QED) is 0.789. The van der Waals surface area contributed by atoms with Gasteiger partial charge in [0.1, 0.15) is 0 Å². The van der Waals surface area contributed by atoms with Gasteiger partial charge in [-0.3, -0.25) is 4.79 Å². The molecule has 1 aliphatic rings. The summed E-state index contributed by atoms with van der Waals surface area (Å²) in [5.74, 6) is 1.50. The van der Waals surface area contributed by atoms with Gasteiger partial charge in [-0.25, -0.2) is 0 Å². The van der Waals surface area contributed by atoms with E-state index in [1.54, 1.807) is 11.8 Å². The summed E-state index contributed by atoms with van der Waals surface area (Å²) in [5.41, 5.74) is 3.92. The van der Waals surface area contributed by atoms with Crippen molar-refractivity contribution in [2.75, 3.05) is 5.75 Å². The van der Waals surface area contributed by atoms with Gasteiger partial charge < -0.3 is 5.32 Å². The molecule has 0 radical (unpaired) electrons. The maximum Gasteiger partial charge on any atom is 0.230 e. The standard InChI is InChI=1S/C19H20BrNOS/c20-16-10-8-14(9-11-16)12-23-13-19(22)21-18-7-3-5-15-4-1-2-6-17(15)18/h1-2,4,6,8-11,18H,3,5,7,12-13H2,(H,21,22)/t18-/m1/s1. The zero-order valence-corrected chi connectivity index (χ0v) is 15.3. The van der Waals surface area contributed by atoms with Crippen LogP contribution in [-0.2, 0) is 17.0 Å².